The van der Waals surface area contributed by atoms with Crippen molar-refractivity contribution in [3.05, 3.63) is 0 Å². The second kappa shape index (κ2) is 4.50. The van der Waals surface area contributed by atoms with Gasteiger partial charge in [-0.05, 0) is 0 Å². The molecule has 0 atom stereocenters. The Labute approximate surface area is 59.7 Å². The summed E-state index contributed by atoms with van der Waals surface area (Å²) in [7, 11) is -4.64. The molecule has 0 unspecified atom stereocenters. The molecule has 4 nitrogen and oxygen atoms in total. The molecule has 0 spiro atoms. The maximum absolute atomic E-state index is 9.90. The van der Waals surface area contributed by atoms with Gasteiger partial charge >= 0.3 is 40.0 Å². The molecule has 3 N–H and O–H groups in total. The minimum absolute atomic E-state index is 4.64. The van der Waals surface area contributed by atoms with Crippen molar-refractivity contribution in [3.8, 4) is 0 Å². The Morgan fingerprint density at radius 1 is 1.00 bits per heavy atom. The van der Waals surface area contributed by atoms with Crippen LogP contribution in [0, 0.1) is 0 Å². The molecule has 0 aliphatic rings. The van der Waals surface area contributed by atoms with Crippen molar-refractivity contribution in [3.63, 3.8) is 0 Å². The van der Waals surface area contributed by atoms with Crippen molar-refractivity contribution in [2.75, 3.05) is 0 Å². The van der Waals surface area contributed by atoms with Crippen LogP contribution in [-0.4, -0.2) is 35.3 Å². The first-order valence-corrected chi connectivity index (χ1v) is 7.42. The van der Waals surface area contributed by atoms with Gasteiger partial charge in [-0.25, -0.2) is 4.57 Å². The molecule has 10 heteroatoms. The van der Waals surface area contributed by atoms with Gasteiger partial charge in [-0.2, -0.15) is 0 Å². The fraction of sp³-hybridized carbons (Fsp3) is 0. The van der Waals surface area contributed by atoms with E-state index in [1.807, 2.05) is 0 Å². The standard InChI is InChI=1S/4FH.H3O4P.Sn/c;;;;1-5(2,3)4;/h4*1H;(H3,1,2,3,4);/q;;;;;+4/p-4. The Bertz CT molecular complexity index is 109. The molecule has 0 aliphatic carbocycles. The predicted molar refractivity (Wildman–Crippen MR) is 24.4 cm³/mol. The summed E-state index contributed by atoms with van der Waals surface area (Å²) in [6, 6.07) is 0. The molecule has 0 amide bonds. The second-order valence-electron chi connectivity index (χ2n) is 0.942. The number of hydrogen-bond acceptors (Lipinski definition) is 1. The summed E-state index contributed by atoms with van der Waals surface area (Å²) >= 11 is -7.18. The van der Waals surface area contributed by atoms with E-state index in [1.165, 1.54) is 0 Å². The molecule has 0 saturated carbocycles. The molecule has 0 saturated heterocycles. The Morgan fingerprint density at radius 3 is 1.00 bits per heavy atom. The van der Waals surface area contributed by atoms with Crippen LogP contribution in [0.1, 0.15) is 0 Å². The van der Waals surface area contributed by atoms with E-state index in [0.717, 1.165) is 0 Å². The molecule has 0 aromatic carbocycles. The van der Waals surface area contributed by atoms with Gasteiger partial charge in [-0.3, -0.25) is 0 Å². The van der Waals surface area contributed by atoms with E-state index in [-0.39, 0.29) is 0 Å². The van der Waals surface area contributed by atoms with E-state index in [1.54, 1.807) is 0 Å². The topological polar surface area (TPSA) is 77.8 Å². The van der Waals surface area contributed by atoms with Crippen molar-refractivity contribution in [1.29, 1.82) is 0 Å². The van der Waals surface area contributed by atoms with Crippen LogP contribution in [0.25, 0.3) is 0 Å². The molecule has 10 heavy (non-hydrogen) atoms. The van der Waals surface area contributed by atoms with Gasteiger partial charge in [-0.1, -0.05) is 0 Å². The fourth-order valence-corrected chi connectivity index (χ4v) is 0. The zero-order valence-corrected chi connectivity index (χ0v) is 7.96. The third kappa shape index (κ3) is 1270. The predicted octanol–water partition coefficient (Wildman–Crippen LogP) is 0.371. The first kappa shape index (κ1) is 13.2. The average Bonchev–Trinajstić information content (AvgIpc) is 1.12. The number of rotatable bonds is 0. The number of hydrogen-bond donors (Lipinski definition) is 3. The van der Waals surface area contributed by atoms with Crippen LogP contribution in [0.3, 0.4) is 0 Å². The van der Waals surface area contributed by atoms with Crippen molar-refractivity contribution in [1.82, 2.24) is 0 Å². The molecule has 0 fully saturated rings. The monoisotopic (exact) mass is 294 g/mol. The molecule has 0 heterocycles. The molecule has 0 aromatic rings. The summed E-state index contributed by atoms with van der Waals surface area (Å²) in [5.74, 6) is 0. The van der Waals surface area contributed by atoms with Crippen molar-refractivity contribution in [2.45, 2.75) is 0 Å². The van der Waals surface area contributed by atoms with E-state index in [4.69, 9.17) is 19.2 Å². The quantitative estimate of drug-likeness (QED) is 0.342. The van der Waals surface area contributed by atoms with Crippen LogP contribution < -0.4 is 0 Å². The van der Waals surface area contributed by atoms with Gasteiger partial charge < -0.3 is 14.7 Å². The van der Waals surface area contributed by atoms with E-state index in [0.29, 0.717) is 0 Å². The Morgan fingerprint density at radius 2 is 1.00 bits per heavy atom. The normalized spacial score (nSPS) is 11.9. The maximum atomic E-state index is 9.90. The molecular formula is H3F4O4PSn. The zero-order chi connectivity index (χ0) is 9.00. The van der Waals surface area contributed by atoms with E-state index >= 15 is 0 Å². The Balaban J connectivity index is 0. The molecule has 0 aliphatic heterocycles. The summed E-state index contributed by atoms with van der Waals surface area (Å²) in [4.78, 5) is 21.6. The minimum atomic E-state index is -7.18. The van der Waals surface area contributed by atoms with E-state index in [2.05, 4.69) is 0 Å². The summed E-state index contributed by atoms with van der Waals surface area (Å²) in [6.07, 6.45) is 0. The molecule has 0 bridgehead atoms. The first-order valence-electron chi connectivity index (χ1n) is 1.54. The molecule has 0 aromatic heterocycles. The number of halogens is 4. The van der Waals surface area contributed by atoms with Crippen LogP contribution in [0.2, 0.25) is 0 Å². The molecule has 0 rings (SSSR count). The third-order valence-corrected chi connectivity index (χ3v) is 0. The molecular weight excluding hydrogens is 290 g/mol. The van der Waals surface area contributed by atoms with Gasteiger partial charge in [0.05, 0.1) is 0 Å². The summed E-state index contributed by atoms with van der Waals surface area (Å²) in [5, 5.41) is 0. The van der Waals surface area contributed by atoms with Crippen LogP contribution in [-0.2, 0) is 4.57 Å². The van der Waals surface area contributed by atoms with Gasteiger partial charge in [0, 0.05) is 0 Å². The molecule has 0 radical (unpaired) electrons. The van der Waals surface area contributed by atoms with Crippen molar-refractivity contribution < 1.29 is 30.7 Å². The van der Waals surface area contributed by atoms with Crippen LogP contribution in [0.5, 0.6) is 0 Å². The van der Waals surface area contributed by atoms with Gasteiger partial charge in [-0.15, -0.1) is 0 Å². The first-order chi connectivity index (χ1) is 4.00. The van der Waals surface area contributed by atoms with E-state index in [9.17, 15) is 11.5 Å². The summed E-state index contributed by atoms with van der Waals surface area (Å²) in [5.41, 5.74) is 0. The average molecular weight is 293 g/mol. The molecule has 64 valence electrons. The van der Waals surface area contributed by atoms with Gasteiger partial charge in [0.25, 0.3) is 0 Å². The summed E-state index contributed by atoms with van der Waals surface area (Å²) < 4.78 is 48.5. The SMILES string of the molecule is O=P(O)(O)O.[F][Sn]([F])([F])[F]. The van der Waals surface area contributed by atoms with E-state index < -0.39 is 28.5 Å². The Kier molecular flexibility index (Phi) is 5.95. The van der Waals surface area contributed by atoms with Crippen LogP contribution >= 0.6 is 7.82 Å². The van der Waals surface area contributed by atoms with Crippen LogP contribution in [0.15, 0.2) is 0 Å². The third-order valence-electron chi connectivity index (χ3n) is 0. The van der Waals surface area contributed by atoms with Crippen LogP contribution in [0.4, 0.5) is 11.5 Å². The van der Waals surface area contributed by atoms with Gasteiger partial charge in [0.15, 0.2) is 0 Å². The Hall–Kier alpha value is 0.629. The van der Waals surface area contributed by atoms with Gasteiger partial charge in [0.2, 0.25) is 0 Å². The number of phosphoric acid groups is 1. The summed E-state index contributed by atoms with van der Waals surface area (Å²) in [6.45, 7) is 0. The zero-order valence-electron chi connectivity index (χ0n) is 4.21. The second-order valence-corrected chi connectivity index (χ2v) is 4.41. The fourth-order valence-electron chi connectivity index (χ4n) is 0. The van der Waals surface area contributed by atoms with Gasteiger partial charge in [0.1, 0.15) is 0 Å². The van der Waals surface area contributed by atoms with Crippen molar-refractivity contribution in [2.24, 2.45) is 0 Å². The van der Waals surface area contributed by atoms with Crippen molar-refractivity contribution >= 4 is 28.5 Å².